The van der Waals surface area contributed by atoms with Gasteiger partial charge >= 0.3 is 0 Å². The fourth-order valence-electron chi connectivity index (χ4n) is 3.36. The molecule has 0 aromatic heterocycles. The first-order valence-corrected chi connectivity index (χ1v) is 10.3. The summed E-state index contributed by atoms with van der Waals surface area (Å²) in [4.78, 5) is 0. The molecule has 120 valence electrons. The van der Waals surface area contributed by atoms with Crippen molar-refractivity contribution in [2.75, 3.05) is 24.6 Å². The van der Waals surface area contributed by atoms with E-state index in [0.717, 1.165) is 25.4 Å². The molecule has 0 spiro atoms. The van der Waals surface area contributed by atoms with Crippen LogP contribution in [0.3, 0.4) is 0 Å². The second-order valence-corrected chi connectivity index (χ2v) is 8.81. The van der Waals surface area contributed by atoms with E-state index in [1.807, 2.05) is 0 Å². The second kappa shape index (κ2) is 9.04. The SMILES string of the molecule is CCCNCC1CCC(CC)CC1CCS(=O)(=O)CC. The van der Waals surface area contributed by atoms with Gasteiger partial charge in [-0.3, -0.25) is 0 Å². The van der Waals surface area contributed by atoms with Crippen molar-refractivity contribution in [3.05, 3.63) is 0 Å². The lowest BCUT2D eigenvalue weighted by molar-refractivity contribution is 0.168. The van der Waals surface area contributed by atoms with E-state index in [1.165, 1.54) is 32.1 Å². The fourth-order valence-corrected chi connectivity index (χ4v) is 4.31. The summed E-state index contributed by atoms with van der Waals surface area (Å²) in [6.45, 7) is 8.35. The summed E-state index contributed by atoms with van der Waals surface area (Å²) in [6, 6.07) is 0. The Morgan fingerprint density at radius 3 is 2.45 bits per heavy atom. The van der Waals surface area contributed by atoms with Crippen LogP contribution >= 0.6 is 0 Å². The van der Waals surface area contributed by atoms with E-state index in [1.54, 1.807) is 6.92 Å². The summed E-state index contributed by atoms with van der Waals surface area (Å²) < 4.78 is 23.5. The summed E-state index contributed by atoms with van der Waals surface area (Å²) in [5.41, 5.74) is 0. The van der Waals surface area contributed by atoms with Gasteiger partial charge in [0.1, 0.15) is 9.84 Å². The Hall–Kier alpha value is -0.0900. The number of nitrogens with one attached hydrogen (secondary N) is 1. The lowest BCUT2D eigenvalue weighted by Gasteiger charge is -2.36. The van der Waals surface area contributed by atoms with Crippen LogP contribution in [-0.2, 0) is 9.84 Å². The minimum atomic E-state index is -2.81. The molecular weight excluding hydrogens is 270 g/mol. The van der Waals surface area contributed by atoms with Crippen LogP contribution in [-0.4, -0.2) is 33.0 Å². The number of hydrogen-bond donors (Lipinski definition) is 1. The number of hydrogen-bond acceptors (Lipinski definition) is 3. The van der Waals surface area contributed by atoms with Crippen LogP contribution in [0.5, 0.6) is 0 Å². The van der Waals surface area contributed by atoms with Crippen LogP contribution in [0, 0.1) is 17.8 Å². The van der Waals surface area contributed by atoms with Gasteiger partial charge in [-0.2, -0.15) is 0 Å². The van der Waals surface area contributed by atoms with Crippen LogP contribution in [0.15, 0.2) is 0 Å². The van der Waals surface area contributed by atoms with Crippen molar-refractivity contribution >= 4 is 9.84 Å². The van der Waals surface area contributed by atoms with Gasteiger partial charge in [0.25, 0.3) is 0 Å². The van der Waals surface area contributed by atoms with E-state index in [4.69, 9.17) is 0 Å². The smallest absolute Gasteiger partial charge is 0.150 e. The average molecular weight is 304 g/mol. The molecule has 4 heteroatoms. The molecule has 0 saturated heterocycles. The molecule has 0 aliphatic heterocycles. The van der Waals surface area contributed by atoms with E-state index < -0.39 is 9.84 Å². The van der Waals surface area contributed by atoms with Gasteiger partial charge in [-0.25, -0.2) is 8.42 Å². The van der Waals surface area contributed by atoms with Gasteiger partial charge in [0.2, 0.25) is 0 Å². The molecule has 0 heterocycles. The monoisotopic (exact) mass is 303 g/mol. The minimum Gasteiger partial charge on any atom is -0.316 e. The second-order valence-electron chi connectivity index (χ2n) is 6.34. The highest BCUT2D eigenvalue weighted by Crippen LogP contribution is 2.37. The predicted octanol–water partition coefficient (Wildman–Crippen LogP) is 3.25. The molecule has 1 saturated carbocycles. The minimum absolute atomic E-state index is 0.287. The summed E-state index contributed by atoms with van der Waals surface area (Å²) in [6.07, 6.45) is 7.10. The molecule has 0 aromatic rings. The van der Waals surface area contributed by atoms with Crippen LogP contribution in [0.25, 0.3) is 0 Å². The zero-order chi connectivity index (χ0) is 15.0. The molecule has 1 aliphatic rings. The highest BCUT2D eigenvalue weighted by molar-refractivity contribution is 7.91. The highest BCUT2D eigenvalue weighted by Gasteiger charge is 2.30. The maximum absolute atomic E-state index is 11.7. The zero-order valence-electron chi connectivity index (χ0n) is 13.5. The Kier molecular flexibility index (Phi) is 8.11. The van der Waals surface area contributed by atoms with E-state index in [9.17, 15) is 8.42 Å². The van der Waals surface area contributed by atoms with Crippen LogP contribution < -0.4 is 5.32 Å². The number of rotatable bonds is 9. The van der Waals surface area contributed by atoms with E-state index in [2.05, 4.69) is 19.2 Å². The standard InChI is InChI=1S/C16H33NO2S/c1-4-10-17-13-16-8-7-14(5-2)12-15(16)9-11-20(18,19)6-3/h14-17H,4-13H2,1-3H3. The van der Waals surface area contributed by atoms with Gasteiger partial charge in [0, 0.05) is 5.75 Å². The van der Waals surface area contributed by atoms with Crippen molar-refractivity contribution in [3.8, 4) is 0 Å². The maximum atomic E-state index is 11.7. The third-order valence-corrected chi connectivity index (χ3v) is 6.64. The van der Waals surface area contributed by atoms with Crippen molar-refractivity contribution in [3.63, 3.8) is 0 Å². The molecule has 1 rings (SSSR count). The Morgan fingerprint density at radius 1 is 1.10 bits per heavy atom. The molecular formula is C16H33NO2S. The Labute approximate surface area is 125 Å². The molecule has 0 amide bonds. The van der Waals surface area contributed by atoms with Gasteiger partial charge in [-0.05, 0) is 56.5 Å². The van der Waals surface area contributed by atoms with Crippen LogP contribution in [0.2, 0.25) is 0 Å². The molecule has 1 N–H and O–H groups in total. The summed E-state index contributed by atoms with van der Waals surface area (Å²) in [5, 5.41) is 3.53. The fraction of sp³-hybridized carbons (Fsp3) is 1.00. The lowest BCUT2D eigenvalue weighted by Crippen LogP contribution is -2.34. The first-order chi connectivity index (χ1) is 9.52. The van der Waals surface area contributed by atoms with Crippen molar-refractivity contribution in [1.82, 2.24) is 5.32 Å². The summed E-state index contributed by atoms with van der Waals surface area (Å²) >= 11 is 0. The predicted molar refractivity (Wildman–Crippen MR) is 86.7 cm³/mol. The largest absolute Gasteiger partial charge is 0.316 e. The van der Waals surface area contributed by atoms with E-state index in [-0.39, 0.29) is 5.75 Å². The maximum Gasteiger partial charge on any atom is 0.150 e. The Bertz CT molecular complexity index is 351. The van der Waals surface area contributed by atoms with Gasteiger partial charge < -0.3 is 5.32 Å². The molecule has 3 unspecified atom stereocenters. The first kappa shape index (κ1) is 18.0. The molecule has 3 nitrogen and oxygen atoms in total. The third kappa shape index (κ3) is 6.13. The van der Waals surface area contributed by atoms with Gasteiger partial charge in [-0.1, -0.05) is 33.6 Å². The summed E-state index contributed by atoms with van der Waals surface area (Å²) in [5.74, 6) is 2.76. The first-order valence-electron chi connectivity index (χ1n) is 8.43. The normalized spacial score (nSPS) is 27.6. The lowest BCUT2D eigenvalue weighted by atomic mass is 9.72. The Balaban J connectivity index is 2.53. The van der Waals surface area contributed by atoms with Crippen molar-refractivity contribution in [1.29, 1.82) is 0 Å². The molecule has 20 heavy (non-hydrogen) atoms. The molecule has 1 aliphatic carbocycles. The molecule has 3 atom stereocenters. The molecule has 0 aromatic carbocycles. The number of sulfone groups is 1. The van der Waals surface area contributed by atoms with Gasteiger partial charge in [0.15, 0.2) is 0 Å². The van der Waals surface area contributed by atoms with Crippen molar-refractivity contribution < 1.29 is 8.42 Å². The van der Waals surface area contributed by atoms with Gasteiger partial charge in [-0.15, -0.1) is 0 Å². The highest BCUT2D eigenvalue weighted by atomic mass is 32.2. The van der Waals surface area contributed by atoms with Gasteiger partial charge in [0.05, 0.1) is 5.75 Å². The van der Waals surface area contributed by atoms with Crippen LogP contribution in [0.4, 0.5) is 0 Å². The van der Waals surface area contributed by atoms with Crippen LogP contribution in [0.1, 0.15) is 59.3 Å². The zero-order valence-corrected chi connectivity index (χ0v) is 14.3. The quantitative estimate of drug-likeness (QED) is 0.665. The van der Waals surface area contributed by atoms with E-state index in [0.29, 0.717) is 17.6 Å². The molecule has 0 radical (unpaired) electrons. The van der Waals surface area contributed by atoms with Crippen molar-refractivity contribution in [2.24, 2.45) is 17.8 Å². The Morgan fingerprint density at radius 2 is 1.85 bits per heavy atom. The van der Waals surface area contributed by atoms with Crippen molar-refractivity contribution in [2.45, 2.75) is 59.3 Å². The third-order valence-electron chi connectivity index (χ3n) is 4.90. The molecule has 0 bridgehead atoms. The topological polar surface area (TPSA) is 46.2 Å². The summed E-state index contributed by atoms with van der Waals surface area (Å²) in [7, 11) is -2.81. The molecule has 1 fully saturated rings. The van der Waals surface area contributed by atoms with E-state index >= 15 is 0 Å². The average Bonchev–Trinajstić information content (AvgIpc) is 2.46.